The quantitative estimate of drug-likeness (QED) is 0.559. The lowest BCUT2D eigenvalue weighted by molar-refractivity contribution is 0.600. The van der Waals surface area contributed by atoms with E-state index in [2.05, 4.69) is 15.6 Å². The van der Waals surface area contributed by atoms with Crippen molar-refractivity contribution in [3.05, 3.63) is 70.8 Å². The molecule has 0 unspecified atom stereocenters. The summed E-state index contributed by atoms with van der Waals surface area (Å²) < 4.78 is 50.5. The third-order valence-corrected chi connectivity index (χ3v) is 4.58. The highest BCUT2D eigenvalue weighted by molar-refractivity contribution is 7.89. The van der Waals surface area contributed by atoms with Crippen molar-refractivity contribution in [1.82, 2.24) is 10.6 Å². The van der Waals surface area contributed by atoms with Gasteiger partial charge in [-0.1, -0.05) is 24.3 Å². The minimum atomic E-state index is -3.26. The summed E-state index contributed by atoms with van der Waals surface area (Å²) in [5.41, 5.74) is 1.49. The summed E-state index contributed by atoms with van der Waals surface area (Å²) >= 11 is 0. The standard InChI is InChI=1S/C19H23F2N3O2S/c1-3-22-19(23-11-14-6-4-5-7-18(14)21)24-12-16-10-17(20)9-8-15(16)13-27(2,25)26/h4-10H,3,11-13H2,1-2H3,(H2,22,23,24). The minimum absolute atomic E-state index is 0.0925. The highest BCUT2D eigenvalue weighted by atomic mass is 32.2. The number of hydrogen-bond acceptors (Lipinski definition) is 3. The maximum Gasteiger partial charge on any atom is 0.191 e. The van der Waals surface area contributed by atoms with Gasteiger partial charge in [-0.15, -0.1) is 0 Å². The Bertz CT molecular complexity index is 915. The predicted molar refractivity (Wildman–Crippen MR) is 103 cm³/mol. The van der Waals surface area contributed by atoms with E-state index in [1.165, 1.54) is 24.3 Å². The van der Waals surface area contributed by atoms with Gasteiger partial charge in [-0.05, 0) is 36.2 Å². The van der Waals surface area contributed by atoms with E-state index < -0.39 is 15.7 Å². The van der Waals surface area contributed by atoms with Crippen LogP contribution in [-0.4, -0.2) is 27.2 Å². The fourth-order valence-corrected chi connectivity index (χ4v) is 3.34. The van der Waals surface area contributed by atoms with Crippen LogP contribution >= 0.6 is 0 Å². The number of sulfone groups is 1. The molecule has 0 aromatic heterocycles. The second kappa shape index (κ2) is 9.45. The summed E-state index contributed by atoms with van der Waals surface area (Å²) in [6.45, 7) is 2.80. The maximum atomic E-state index is 13.7. The van der Waals surface area contributed by atoms with Crippen LogP contribution in [0.4, 0.5) is 8.78 Å². The van der Waals surface area contributed by atoms with E-state index in [1.54, 1.807) is 18.2 Å². The molecular formula is C19H23F2N3O2S. The zero-order valence-electron chi connectivity index (χ0n) is 15.3. The van der Waals surface area contributed by atoms with Gasteiger partial charge >= 0.3 is 0 Å². The first-order valence-corrected chi connectivity index (χ1v) is 10.5. The Kier molecular flexibility index (Phi) is 7.29. The van der Waals surface area contributed by atoms with Crippen LogP contribution in [-0.2, 0) is 28.7 Å². The highest BCUT2D eigenvalue weighted by Gasteiger charge is 2.11. The Hall–Kier alpha value is -2.48. The van der Waals surface area contributed by atoms with Crippen molar-refractivity contribution in [2.75, 3.05) is 12.8 Å². The SMILES string of the molecule is CCNC(=NCc1cc(F)ccc1CS(C)(=O)=O)NCc1ccccc1F. The molecule has 0 saturated heterocycles. The molecule has 5 nitrogen and oxygen atoms in total. The zero-order valence-corrected chi connectivity index (χ0v) is 16.1. The van der Waals surface area contributed by atoms with Gasteiger partial charge < -0.3 is 10.6 Å². The molecule has 0 aliphatic rings. The van der Waals surface area contributed by atoms with E-state index in [0.29, 0.717) is 29.2 Å². The number of halogens is 2. The van der Waals surface area contributed by atoms with Gasteiger partial charge in [0.15, 0.2) is 15.8 Å². The molecule has 0 saturated carbocycles. The number of nitrogens with zero attached hydrogens (tertiary/aromatic N) is 1. The summed E-state index contributed by atoms with van der Waals surface area (Å²) in [5, 5.41) is 6.05. The molecule has 0 radical (unpaired) electrons. The molecule has 0 aliphatic heterocycles. The fourth-order valence-electron chi connectivity index (χ4n) is 2.49. The van der Waals surface area contributed by atoms with Gasteiger partial charge in [-0.25, -0.2) is 22.2 Å². The van der Waals surface area contributed by atoms with Crippen molar-refractivity contribution in [2.45, 2.75) is 25.8 Å². The first-order valence-electron chi connectivity index (χ1n) is 8.49. The number of aliphatic imine (C=N–C) groups is 1. The summed E-state index contributed by atoms with van der Waals surface area (Å²) in [6, 6.07) is 10.4. The lowest BCUT2D eigenvalue weighted by Crippen LogP contribution is -2.37. The molecule has 2 rings (SSSR count). The Morgan fingerprint density at radius 2 is 1.78 bits per heavy atom. The average Bonchev–Trinajstić information content (AvgIpc) is 2.59. The third-order valence-electron chi connectivity index (χ3n) is 3.74. The molecule has 2 N–H and O–H groups in total. The van der Waals surface area contributed by atoms with Crippen molar-refractivity contribution in [1.29, 1.82) is 0 Å². The number of benzene rings is 2. The molecule has 2 aromatic rings. The van der Waals surface area contributed by atoms with E-state index in [1.807, 2.05) is 6.92 Å². The normalized spacial score (nSPS) is 12.1. The van der Waals surface area contributed by atoms with Crippen LogP contribution in [0.1, 0.15) is 23.6 Å². The molecule has 0 heterocycles. The largest absolute Gasteiger partial charge is 0.357 e. The molecule has 0 aliphatic carbocycles. The summed E-state index contributed by atoms with van der Waals surface area (Å²) in [6.07, 6.45) is 1.13. The number of guanidine groups is 1. The van der Waals surface area contributed by atoms with Crippen molar-refractivity contribution < 1.29 is 17.2 Å². The Morgan fingerprint density at radius 1 is 1.04 bits per heavy atom. The number of hydrogen-bond donors (Lipinski definition) is 2. The summed E-state index contributed by atoms with van der Waals surface area (Å²) in [7, 11) is -3.26. The van der Waals surface area contributed by atoms with Crippen molar-refractivity contribution in [3.63, 3.8) is 0 Å². The summed E-state index contributed by atoms with van der Waals surface area (Å²) in [4.78, 5) is 4.37. The monoisotopic (exact) mass is 395 g/mol. The molecule has 0 atom stereocenters. The van der Waals surface area contributed by atoms with Gasteiger partial charge in [-0.3, -0.25) is 0 Å². The Morgan fingerprint density at radius 3 is 2.44 bits per heavy atom. The molecule has 0 bridgehead atoms. The first kappa shape index (κ1) is 20.8. The van der Waals surface area contributed by atoms with Gasteiger partial charge in [0.25, 0.3) is 0 Å². The van der Waals surface area contributed by atoms with E-state index in [0.717, 1.165) is 6.26 Å². The highest BCUT2D eigenvalue weighted by Crippen LogP contribution is 2.15. The molecule has 146 valence electrons. The van der Waals surface area contributed by atoms with Gasteiger partial charge in [-0.2, -0.15) is 0 Å². The number of nitrogens with one attached hydrogen (secondary N) is 2. The average molecular weight is 395 g/mol. The molecular weight excluding hydrogens is 372 g/mol. The van der Waals surface area contributed by atoms with Crippen LogP contribution in [0.2, 0.25) is 0 Å². The molecule has 8 heteroatoms. The van der Waals surface area contributed by atoms with E-state index in [4.69, 9.17) is 0 Å². The van der Waals surface area contributed by atoms with Crippen LogP contribution < -0.4 is 10.6 Å². The number of rotatable bonds is 7. The van der Waals surface area contributed by atoms with Crippen LogP contribution in [0.15, 0.2) is 47.5 Å². The Labute approximate surface area is 158 Å². The van der Waals surface area contributed by atoms with Crippen LogP contribution in [0.25, 0.3) is 0 Å². The van der Waals surface area contributed by atoms with Gasteiger partial charge in [0.1, 0.15) is 11.6 Å². The molecule has 2 aromatic carbocycles. The summed E-state index contributed by atoms with van der Waals surface area (Å²) in [5.74, 6) is -0.532. The van der Waals surface area contributed by atoms with E-state index >= 15 is 0 Å². The minimum Gasteiger partial charge on any atom is -0.357 e. The lowest BCUT2D eigenvalue weighted by Gasteiger charge is -2.13. The molecule has 0 amide bonds. The second-order valence-electron chi connectivity index (χ2n) is 6.12. The topological polar surface area (TPSA) is 70.6 Å². The second-order valence-corrected chi connectivity index (χ2v) is 8.26. The van der Waals surface area contributed by atoms with Gasteiger partial charge in [0.05, 0.1) is 12.3 Å². The maximum absolute atomic E-state index is 13.7. The van der Waals surface area contributed by atoms with Gasteiger partial charge in [0.2, 0.25) is 0 Å². The van der Waals surface area contributed by atoms with Crippen LogP contribution in [0.5, 0.6) is 0 Å². The predicted octanol–water partition coefficient (Wildman–Crippen LogP) is 2.76. The zero-order chi connectivity index (χ0) is 19.9. The van der Waals surface area contributed by atoms with Crippen molar-refractivity contribution >= 4 is 15.8 Å². The molecule has 0 fully saturated rings. The third kappa shape index (κ3) is 6.97. The van der Waals surface area contributed by atoms with Crippen LogP contribution in [0.3, 0.4) is 0 Å². The van der Waals surface area contributed by atoms with E-state index in [9.17, 15) is 17.2 Å². The molecule has 0 spiro atoms. The molecule has 27 heavy (non-hydrogen) atoms. The Balaban J connectivity index is 2.16. The van der Waals surface area contributed by atoms with Crippen molar-refractivity contribution in [2.24, 2.45) is 4.99 Å². The fraction of sp³-hybridized carbons (Fsp3) is 0.316. The lowest BCUT2D eigenvalue weighted by atomic mass is 10.1. The smallest absolute Gasteiger partial charge is 0.191 e. The van der Waals surface area contributed by atoms with Gasteiger partial charge in [0, 0.05) is 24.9 Å². The van der Waals surface area contributed by atoms with Crippen LogP contribution in [0, 0.1) is 11.6 Å². The van der Waals surface area contributed by atoms with E-state index in [-0.39, 0.29) is 24.7 Å². The first-order chi connectivity index (χ1) is 12.8. The van der Waals surface area contributed by atoms with Crippen molar-refractivity contribution in [3.8, 4) is 0 Å².